The number of amides is 1. The van der Waals surface area contributed by atoms with E-state index in [2.05, 4.69) is 0 Å². The molecule has 0 aliphatic rings. The highest BCUT2D eigenvalue weighted by Crippen LogP contribution is 2.04. The standard InChI is InChI=1S/C9H19NO3/c1-8(7-13-3)6-9(12)10(2)4-5-11/h8,11H,4-7H2,1-3H3. The molecule has 0 radical (unpaired) electrons. The van der Waals surface area contributed by atoms with E-state index in [0.29, 0.717) is 19.6 Å². The first-order chi connectivity index (χ1) is 6.11. The van der Waals surface area contributed by atoms with Crippen LogP contribution in [0.3, 0.4) is 0 Å². The van der Waals surface area contributed by atoms with E-state index in [1.165, 1.54) is 4.90 Å². The third kappa shape index (κ3) is 5.60. The number of nitrogens with zero attached hydrogens (tertiary/aromatic N) is 1. The minimum Gasteiger partial charge on any atom is -0.395 e. The molecule has 0 heterocycles. The van der Waals surface area contributed by atoms with Crippen molar-refractivity contribution in [1.29, 1.82) is 0 Å². The van der Waals surface area contributed by atoms with Crippen molar-refractivity contribution in [3.8, 4) is 0 Å². The second kappa shape index (κ2) is 6.86. The van der Waals surface area contributed by atoms with Gasteiger partial charge in [0.15, 0.2) is 0 Å². The summed E-state index contributed by atoms with van der Waals surface area (Å²) in [5, 5.41) is 8.60. The number of hydrogen-bond acceptors (Lipinski definition) is 3. The SMILES string of the molecule is COCC(C)CC(=O)N(C)CCO. The highest BCUT2D eigenvalue weighted by Gasteiger charge is 2.12. The minimum absolute atomic E-state index is 0.0148. The Kier molecular flexibility index (Phi) is 6.54. The summed E-state index contributed by atoms with van der Waals surface area (Å²) in [6, 6.07) is 0. The maximum Gasteiger partial charge on any atom is 0.222 e. The van der Waals surface area contributed by atoms with Crippen LogP contribution in [0.25, 0.3) is 0 Å². The fourth-order valence-corrected chi connectivity index (χ4v) is 1.07. The van der Waals surface area contributed by atoms with Crippen LogP contribution in [-0.2, 0) is 9.53 Å². The fraction of sp³-hybridized carbons (Fsp3) is 0.889. The number of carbonyl (C=O) groups is 1. The summed E-state index contributed by atoms with van der Waals surface area (Å²) in [5.74, 6) is 0.289. The van der Waals surface area contributed by atoms with Crippen molar-refractivity contribution >= 4 is 5.91 Å². The third-order valence-electron chi connectivity index (χ3n) is 1.84. The molecule has 13 heavy (non-hydrogen) atoms. The van der Waals surface area contributed by atoms with Crippen LogP contribution in [-0.4, -0.2) is 49.8 Å². The number of carbonyl (C=O) groups excluding carboxylic acids is 1. The first-order valence-electron chi connectivity index (χ1n) is 4.45. The van der Waals surface area contributed by atoms with Crippen LogP contribution in [0.15, 0.2) is 0 Å². The first kappa shape index (κ1) is 12.4. The zero-order valence-electron chi connectivity index (χ0n) is 8.62. The summed E-state index contributed by atoms with van der Waals surface area (Å²) in [6.45, 7) is 2.98. The van der Waals surface area contributed by atoms with Gasteiger partial charge >= 0.3 is 0 Å². The van der Waals surface area contributed by atoms with Gasteiger partial charge in [-0.2, -0.15) is 0 Å². The Bertz CT molecular complexity index is 150. The van der Waals surface area contributed by atoms with Gasteiger partial charge < -0.3 is 14.7 Å². The van der Waals surface area contributed by atoms with Gasteiger partial charge in [0, 0.05) is 33.7 Å². The summed E-state index contributed by atoms with van der Waals surface area (Å²) in [7, 11) is 3.32. The van der Waals surface area contributed by atoms with Crippen molar-refractivity contribution < 1.29 is 14.6 Å². The Balaban J connectivity index is 3.71. The number of ether oxygens (including phenoxy) is 1. The Morgan fingerprint density at radius 1 is 1.62 bits per heavy atom. The van der Waals surface area contributed by atoms with Crippen molar-refractivity contribution in [3.63, 3.8) is 0 Å². The van der Waals surface area contributed by atoms with E-state index in [4.69, 9.17) is 9.84 Å². The van der Waals surface area contributed by atoms with Gasteiger partial charge in [0.2, 0.25) is 5.91 Å². The van der Waals surface area contributed by atoms with Crippen LogP contribution < -0.4 is 0 Å². The molecule has 1 atom stereocenters. The summed E-state index contributed by atoms with van der Waals surface area (Å²) >= 11 is 0. The topological polar surface area (TPSA) is 49.8 Å². The molecule has 4 nitrogen and oxygen atoms in total. The average Bonchev–Trinajstić information content (AvgIpc) is 2.05. The molecule has 78 valence electrons. The van der Waals surface area contributed by atoms with E-state index in [1.807, 2.05) is 6.92 Å². The maximum atomic E-state index is 11.4. The lowest BCUT2D eigenvalue weighted by molar-refractivity contribution is -0.131. The second-order valence-corrected chi connectivity index (χ2v) is 3.30. The lowest BCUT2D eigenvalue weighted by Gasteiger charge is -2.18. The van der Waals surface area contributed by atoms with Gasteiger partial charge in [0.1, 0.15) is 0 Å². The van der Waals surface area contributed by atoms with E-state index >= 15 is 0 Å². The number of rotatable bonds is 6. The Morgan fingerprint density at radius 2 is 2.23 bits per heavy atom. The lowest BCUT2D eigenvalue weighted by atomic mass is 10.1. The quantitative estimate of drug-likeness (QED) is 0.645. The maximum absolute atomic E-state index is 11.4. The molecule has 0 aromatic heterocycles. The van der Waals surface area contributed by atoms with Crippen LogP contribution in [0.5, 0.6) is 0 Å². The molecule has 0 fully saturated rings. The molecule has 0 bridgehead atoms. The van der Waals surface area contributed by atoms with Crippen LogP contribution in [0, 0.1) is 5.92 Å². The van der Waals surface area contributed by atoms with Crippen molar-refractivity contribution in [2.75, 3.05) is 33.9 Å². The normalized spacial score (nSPS) is 12.6. The number of aliphatic hydroxyl groups is 1. The highest BCUT2D eigenvalue weighted by molar-refractivity contribution is 5.76. The van der Waals surface area contributed by atoms with Gasteiger partial charge in [-0.05, 0) is 5.92 Å². The third-order valence-corrected chi connectivity index (χ3v) is 1.84. The summed E-state index contributed by atoms with van der Waals surface area (Å²) in [6.07, 6.45) is 0.477. The number of likely N-dealkylation sites (N-methyl/N-ethyl adjacent to an activating group) is 1. The number of aliphatic hydroxyl groups excluding tert-OH is 1. The molecule has 0 saturated heterocycles. The second-order valence-electron chi connectivity index (χ2n) is 3.30. The summed E-state index contributed by atoms with van der Waals surface area (Å²) < 4.78 is 4.92. The van der Waals surface area contributed by atoms with E-state index in [0.717, 1.165) is 0 Å². The predicted molar refractivity (Wildman–Crippen MR) is 50.4 cm³/mol. The lowest BCUT2D eigenvalue weighted by Crippen LogP contribution is -2.31. The highest BCUT2D eigenvalue weighted by atomic mass is 16.5. The Morgan fingerprint density at radius 3 is 2.69 bits per heavy atom. The molecule has 0 spiro atoms. The van der Waals surface area contributed by atoms with Gasteiger partial charge in [-0.25, -0.2) is 0 Å². The van der Waals surface area contributed by atoms with E-state index < -0.39 is 0 Å². The molecule has 4 heteroatoms. The fourth-order valence-electron chi connectivity index (χ4n) is 1.07. The van der Waals surface area contributed by atoms with Gasteiger partial charge in [-0.3, -0.25) is 4.79 Å². The van der Waals surface area contributed by atoms with Crippen LogP contribution in [0.2, 0.25) is 0 Å². The molecular weight excluding hydrogens is 170 g/mol. The molecule has 0 aliphatic carbocycles. The average molecular weight is 189 g/mol. The molecule has 0 aromatic rings. The van der Waals surface area contributed by atoms with Gasteiger partial charge in [-0.15, -0.1) is 0 Å². The zero-order valence-corrected chi connectivity index (χ0v) is 8.62. The van der Waals surface area contributed by atoms with Crippen LogP contribution in [0.4, 0.5) is 0 Å². The van der Waals surface area contributed by atoms with Crippen molar-refractivity contribution in [2.45, 2.75) is 13.3 Å². The molecule has 1 unspecified atom stereocenters. The Hall–Kier alpha value is -0.610. The summed E-state index contributed by atoms with van der Waals surface area (Å²) in [4.78, 5) is 12.9. The van der Waals surface area contributed by atoms with Gasteiger partial charge in [0.25, 0.3) is 0 Å². The molecule has 0 aromatic carbocycles. The molecule has 1 amide bonds. The zero-order chi connectivity index (χ0) is 10.3. The van der Waals surface area contributed by atoms with Gasteiger partial charge in [-0.1, -0.05) is 6.92 Å². The summed E-state index contributed by atoms with van der Waals surface area (Å²) in [5.41, 5.74) is 0. The van der Waals surface area contributed by atoms with Crippen LogP contribution >= 0.6 is 0 Å². The van der Waals surface area contributed by atoms with Crippen LogP contribution in [0.1, 0.15) is 13.3 Å². The number of methoxy groups -OCH3 is 1. The smallest absolute Gasteiger partial charge is 0.222 e. The monoisotopic (exact) mass is 189 g/mol. The van der Waals surface area contributed by atoms with Crippen molar-refractivity contribution in [1.82, 2.24) is 4.90 Å². The molecule has 0 aliphatic heterocycles. The molecule has 0 saturated carbocycles. The first-order valence-corrected chi connectivity index (χ1v) is 4.45. The molecular formula is C9H19NO3. The van der Waals surface area contributed by atoms with Gasteiger partial charge in [0.05, 0.1) is 6.61 Å². The minimum atomic E-state index is 0.0148. The van der Waals surface area contributed by atoms with E-state index in [-0.39, 0.29) is 18.4 Å². The number of hydrogen-bond donors (Lipinski definition) is 1. The van der Waals surface area contributed by atoms with E-state index in [9.17, 15) is 4.79 Å². The molecule has 0 rings (SSSR count). The van der Waals surface area contributed by atoms with E-state index in [1.54, 1.807) is 14.2 Å². The molecule has 1 N–H and O–H groups in total. The Labute approximate surface area is 79.5 Å². The van der Waals surface area contributed by atoms with Crippen molar-refractivity contribution in [2.24, 2.45) is 5.92 Å². The van der Waals surface area contributed by atoms with Crippen molar-refractivity contribution in [3.05, 3.63) is 0 Å². The largest absolute Gasteiger partial charge is 0.395 e. The predicted octanol–water partition coefficient (Wildman–Crippen LogP) is 0.110.